The molecule has 5 nitrogen and oxygen atoms in total. The van der Waals surface area contributed by atoms with Crippen LogP contribution in [-0.2, 0) is 6.42 Å². The van der Waals surface area contributed by atoms with Gasteiger partial charge in [-0.1, -0.05) is 25.1 Å². The molecule has 3 heterocycles. The van der Waals surface area contributed by atoms with Crippen LogP contribution in [0, 0.1) is 5.92 Å². The zero-order chi connectivity index (χ0) is 17.4. The van der Waals surface area contributed by atoms with E-state index in [2.05, 4.69) is 35.0 Å². The highest BCUT2D eigenvalue weighted by Crippen LogP contribution is 2.32. The first-order valence-corrected chi connectivity index (χ1v) is 9.13. The van der Waals surface area contributed by atoms with E-state index >= 15 is 0 Å². The highest BCUT2D eigenvalue weighted by molar-refractivity contribution is 6.06. The Balaban J connectivity index is 1.55. The minimum absolute atomic E-state index is 0.0662. The van der Waals surface area contributed by atoms with Crippen LogP contribution in [0.15, 0.2) is 36.4 Å². The Kier molecular flexibility index (Phi) is 4.15. The number of hydrogen-bond acceptors (Lipinski definition) is 4. The van der Waals surface area contributed by atoms with E-state index < -0.39 is 0 Å². The van der Waals surface area contributed by atoms with Gasteiger partial charge < -0.3 is 9.80 Å². The van der Waals surface area contributed by atoms with E-state index in [0.29, 0.717) is 11.6 Å². The van der Waals surface area contributed by atoms with Gasteiger partial charge in [0, 0.05) is 24.8 Å². The summed E-state index contributed by atoms with van der Waals surface area (Å²) >= 11 is 0. The second kappa shape index (κ2) is 6.47. The van der Waals surface area contributed by atoms with Gasteiger partial charge in [0.2, 0.25) is 0 Å². The van der Waals surface area contributed by atoms with Crippen LogP contribution in [0.4, 0.5) is 11.5 Å². The molecule has 0 N–H and O–H groups in total. The number of rotatable bonds is 2. The van der Waals surface area contributed by atoms with E-state index in [-0.39, 0.29) is 11.9 Å². The Labute approximate surface area is 148 Å². The third-order valence-electron chi connectivity index (χ3n) is 5.28. The molecule has 5 heteroatoms. The maximum atomic E-state index is 13.0. The Morgan fingerprint density at radius 1 is 1.12 bits per heavy atom. The molecule has 0 aliphatic carbocycles. The summed E-state index contributed by atoms with van der Waals surface area (Å²) in [6.45, 7) is 6.37. The summed E-state index contributed by atoms with van der Waals surface area (Å²) in [7, 11) is 0. The van der Waals surface area contributed by atoms with Crippen molar-refractivity contribution < 1.29 is 4.79 Å². The van der Waals surface area contributed by atoms with Crippen LogP contribution in [0.3, 0.4) is 0 Å². The van der Waals surface area contributed by atoms with Crippen molar-refractivity contribution in [2.24, 2.45) is 5.92 Å². The van der Waals surface area contributed by atoms with E-state index in [0.717, 1.165) is 31.0 Å². The standard InChI is InChI=1S/C20H24N4O/c1-14-6-5-11-23(13-14)19-10-9-17(21-22-19)20(25)24-15(2)12-16-7-3-4-8-18(16)24/h3-4,7-10,14-15H,5-6,11-13H2,1-2H3. The summed E-state index contributed by atoms with van der Waals surface area (Å²) in [4.78, 5) is 17.1. The van der Waals surface area contributed by atoms with Gasteiger partial charge in [-0.2, -0.15) is 0 Å². The fourth-order valence-electron chi connectivity index (χ4n) is 4.00. The van der Waals surface area contributed by atoms with Gasteiger partial charge in [-0.3, -0.25) is 4.79 Å². The van der Waals surface area contributed by atoms with Crippen LogP contribution >= 0.6 is 0 Å². The van der Waals surface area contributed by atoms with E-state index in [1.807, 2.05) is 35.2 Å². The van der Waals surface area contributed by atoms with Crippen molar-refractivity contribution in [3.8, 4) is 0 Å². The molecule has 1 amide bonds. The summed E-state index contributed by atoms with van der Waals surface area (Å²) in [5, 5.41) is 8.59. The molecule has 2 aromatic rings. The van der Waals surface area contributed by atoms with E-state index in [1.54, 1.807) is 0 Å². The SMILES string of the molecule is CC1CCCN(c2ccc(C(=O)N3c4ccccc4CC3C)nn2)C1. The Morgan fingerprint density at radius 3 is 2.72 bits per heavy atom. The Hall–Kier alpha value is -2.43. The molecule has 130 valence electrons. The van der Waals surface area contributed by atoms with Crippen LogP contribution in [-0.4, -0.2) is 35.2 Å². The summed E-state index contributed by atoms with van der Waals surface area (Å²) in [6, 6.07) is 12.0. The zero-order valence-electron chi connectivity index (χ0n) is 14.9. The first-order valence-electron chi connectivity index (χ1n) is 9.13. The molecule has 1 fully saturated rings. The first-order chi connectivity index (χ1) is 12.1. The van der Waals surface area contributed by atoms with Gasteiger partial charge in [0.25, 0.3) is 5.91 Å². The number of para-hydroxylation sites is 1. The number of anilines is 2. The second-order valence-corrected chi connectivity index (χ2v) is 7.33. The molecule has 25 heavy (non-hydrogen) atoms. The lowest BCUT2D eigenvalue weighted by Crippen LogP contribution is -2.37. The van der Waals surface area contributed by atoms with Crippen molar-refractivity contribution in [3.63, 3.8) is 0 Å². The molecule has 1 aromatic carbocycles. The van der Waals surface area contributed by atoms with Crippen LogP contribution in [0.2, 0.25) is 0 Å². The molecule has 2 atom stereocenters. The van der Waals surface area contributed by atoms with Gasteiger partial charge in [0.1, 0.15) is 0 Å². The largest absolute Gasteiger partial charge is 0.355 e. The molecule has 4 rings (SSSR count). The van der Waals surface area contributed by atoms with Crippen LogP contribution < -0.4 is 9.80 Å². The molecule has 2 aliphatic heterocycles. The first kappa shape index (κ1) is 16.1. The van der Waals surface area contributed by atoms with Crippen LogP contribution in [0.5, 0.6) is 0 Å². The number of aromatic nitrogens is 2. The molecule has 2 aliphatic rings. The quantitative estimate of drug-likeness (QED) is 0.844. The molecular formula is C20H24N4O. The summed E-state index contributed by atoms with van der Waals surface area (Å²) < 4.78 is 0. The van der Waals surface area contributed by atoms with E-state index in [1.165, 1.54) is 18.4 Å². The maximum Gasteiger partial charge on any atom is 0.279 e. The predicted octanol–water partition coefficient (Wildman–Crippen LogP) is 3.30. The third-order valence-corrected chi connectivity index (χ3v) is 5.28. The minimum atomic E-state index is -0.0662. The van der Waals surface area contributed by atoms with Crippen molar-refractivity contribution in [1.29, 1.82) is 0 Å². The van der Waals surface area contributed by atoms with Gasteiger partial charge in [0.05, 0.1) is 0 Å². The summed E-state index contributed by atoms with van der Waals surface area (Å²) in [5.74, 6) is 1.49. The number of piperidine rings is 1. The van der Waals surface area contributed by atoms with Crippen molar-refractivity contribution in [2.75, 3.05) is 22.9 Å². The van der Waals surface area contributed by atoms with Gasteiger partial charge in [-0.25, -0.2) is 0 Å². The van der Waals surface area contributed by atoms with E-state index in [4.69, 9.17) is 0 Å². The van der Waals surface area contributed by atoms with Crippen LogP contribution in [0.1, 0.15) is 42.7 Å². The Bertz CT molecular complexity index is 774. The van der Waals surface area contributed by atoms with Crippen molar-refractivity contribution in [1.82, 2.24) is 10.2 Å². The molecule has 0 spiro atoms. The number of amides is 1. The maximum absolute atomic E-state index is 13.0. The molecule has 0 bridgehead atoms. The summed E-state index contributed by atoms with van der Waals surface area (Å²) in [6.07, 6.45) is 3.34. The highest BCUT2D eigenvalue weighted by atomic mass is 16.2. The van der Waals surface area contributed by atoms with E-state index in [9.17, 15) is 4.79 Å². The Morgan fingerprint density at radius 2 is 1.96 bits per heavy atom. The molecule has 1 aromatic heterocycles. The number of carbonyl (C=O) groups excluding carboxylic acids is 1. The number of benzene rings is 1. The lowest BCUT2D eigenvalue weighted by molar-refractivity contribution is 0.0975. The second-order valence-electron chi connectivity index (χ2n) is 7.33. The van der Waals surface area contributed by atoms with Gasteiger partial charge in [-0.05, 0) is 55.9 Å². The predicted molar refractivity (Wildman–Crippen MR) is 99.1 cm³/mol. The number of fused-ring (bicyclic) bond motifs is 1. The average molecular weight is 336 g/mol. The van der Waals surface area contributed by atoms with Gasteiger partial charge in [-0.15, -0.1) is 10.2 Å². The van der Waals surface area contributed by atoms with Crippen molar-refractivity contribution in [3.05, 3.63) is 47.7 Å². The average Bonchev–Trinajstić information content (AvgIpc) is 2.97. The monoisotopic (exact) mass is 336 g/mol. The molecule has 0 radical (unpaired) electrons. The molecule has 0 saturated carbocycles. The normalized spacial score (nSPS) is 22.8. The molecule has 1 saturated heterocycles. The van der Waals surface area contributed by atoms with Crippen molar-refractivity contribution in [2.45, 2.75) is 39.2 Å². The topological polar surface area (TPSA) is 49.3 Å². The van der Waals surface area contributed by atoms with Gasteiger partial charge >= 0.3 is 0 Å². The third kappa shape index (κ3) is 2.99. The number of hydrogen-bond donors (Lipinski definition) is 0. The lowest BCUT2D eigenvalue weighted by Gasteiger charge is -2.31. The minimum Gasteiger partial charge on any atom is -0.355 e. The number of carbonyl (C=O) groups is 1. The van der Waals surface area contributed by atoms with Crippen LogP contribution in [0.25, 0.3) is 0 Å². The zero-order valence-corrected chi connectivity index (χ0v) is 14.9. The number of nitrogens with zero attached hydrogens (tertiary/aromatic N) is 4. The fourth-order valence-corrected chi connectivity index (χ4v) is 4.00. The smallest absolute Gasteiger partial charge is 0.279 e. The summed E-state index contributed by atoms with van der Waals surface area (Å²) in [5.41, 5.74) is 2.63. The highest BCUT2D eigenvalue weighted by Gasteiger charge is 2.32. The molecular weight excluding hydrogens is 312 g/mol. The fraction of sp³-hybridized carbons (Fsp3) is 0.450. The lowest BCUT2D eigenvalue weighted by atomic mass is 10.0. The molecule has 2 unspecified atom stereocenters. The van der Waals surface area contributed by atoms with Gasteiger partial charge in [0.15, 0.2) is 11.5 Å². The van der Waals surface area contributed by atoms with Crippen molar-refractivity contribution >= 4 is 17.4 Å².